The fourth-order valence-corrected chi connectivity index (χ4v) is 3.98. The van der Waals surface area contributed by atoms with Crippen molar-refractivity contribution >= 4 is 23.2 Å². The van der Waals surface area contributed by atoms with Crippen LogP contribution < -0.4 is 5.32 Å². The minimum atomic E-state index is -0.0496. The normalized spacial score (nSPS) is 17.0. The van der Waals surface area contributed by atoms with Gasteiger partial charge in [-0.05, 0) is 41.8 Å². The third-order valence-corrected chi connectivity index (χ3v) is 5.31. The van der Waals surface area contributed by atoms with Crippen molar-refractivity contribution in [2.24, 2.45) is 5.92 Å². The van der Waals surface area contributed by atoms with Gasteiger partial charge in [0, 0.05) is 30.6 Å². The van der Waals surface area contributed by atoms with E-state index in [9.17, 15) is 9.59 Å². The molecule has 0 bridgehead atoms. The minimum Gasteiger partial charge on any atom is -0.352 e. The molecule has 1 atom stereocenters. The first-order valence-electron chi connectivity index (χ1n) is 8.36. The van der Waals surface area contributed by atoms with Crippen molar-refractivity contribution in [3.05, 3.63) is 57.8 Å². The van der Waals surface area contributed by atoms with E-state index in [2.05, 4.69) is 17.6 Å². The lowest BCUT2D eigenvalue weighted by atomic mass is 10.1. The lowest BCUT2D eigenvalue weighted by Gasteiger charge is -2.17. The van der Waals surface area contributed by atoms with Crippen LogP contribution in [0.2, 0.25) is 0 Å². The number of thiophene rings is 1. The Hall–Kier alpha value is -2.14. The maximum atomic E-state index is 12.6. The van der Waals surface area contributed by atoms with Crippen LogP contribution >= 0.6 is 11.3 Å². The van der Waals surface area contributed by atoms with Crippen LogP contribution in [0.25, 0.3) is 0 Å². The molecule has 24 heavy (non-hydrogen) atoms. The maximum absolute atomic E-state index is 12.6. The van der Waals surface area contributed by atoms with E-state index in [0.29, 0.717) is 24.6 Å². The zero-order valence-electron chi connectivity index (χ0n) is 13.8. The van der Waals surface area contributed by atoms with Gasteiger partial charge in [-0.2, -0.15) is 11.3 Å². The van der Waals surface area contributed by atoms with Crippen molar-refractivity contribution in [2.45, 2.75) is 19.8 Å². The van der Waals surface area contributed by atoms with Crippen molar-refractivity contribution in [1.29, 1.82) is 0 Å². The number of likely N-dealkylation sites (tertiary alicyclic amines) is 1. The summed E-state index contributed by atoms with van der Waals surface area (Å²) in [6.07, 6.45) is 1.82. The zero-order chi connectivity index (χ0) is 16.9. The number of rotatable bonds is 5. The van der Waals surface area contributed by atoms with E-state index < -0.39 is 0 Å². The number of hydrogen-bond donors (Lipinski definition) is 1. The summed E-state index contributed by atoms with van der Waals surface area (Å²) in [5.41, 5.74) is 2.65. The summed E-state index contributed by atoms with van der Waals surface area (Å²) >= 11 is 1.59. The summed E-state index contributed by atoms with van der Waals surface area (Å²) in [7, 11) is 0. The molecule has 126 valence electrons. The van der Waals surface area contributed by atoms with Crippen LogP contribution in [-0.2, 0) is 6.42 Å². The van der Waals surface area contributed by atoms with E-state index in [-0.39, 0.29) is 11.8 Å². The number of carbonyl (C=O) groups is 2. The summed E-state index contributed by atoms with van der Waals surface area (Å²) in [4.78, 5) is 26.7. The quantitative estimate of drug-likeness (QED) is 0.907. The van der Waals surface area contributed by atoms with Crippen LogP contribution in [0.1, 0.15) is 39.6 Å². The Morgan fingerprint density at radius 2 is 2.04 bits per heavy atom. The fraction of sp³-hybridized carbons (Fsp3) is 0.368. The van der Waals surface area contributed by atoms with Gasteiger partial charge in [-0.15, -0.1) is 0 Å². The van der Waals surface area contributed by atoms with Gasteiger partial charge in [-0.1, -0.05) is 25.1 Å². The number of hydrogen-bond acceptors (Lipinski definition) is 3. The first-order valence-corrected chi connectivity index (χ1v) is 9.31. The first kappa shape index (κ1) is 16.7. The van der Waals surface area contributed by atoms with E-state index in [0.717, 1.165) is 30.5 Å². The summed E-state index contributed by atoms with van der Waals surface area (Å²) in [6.45, 7) is 4.17. The second-order valence-corrected chi connectivity index (χ2v) is 6.89. The lowest BCUT2D eigenvalue weighted by molar-refractivity contribution is 0.0786. The first-order chi connectivity index (χ1) is 11.7. The molecular weight excluding hydrogens is 320 g/mol. The van der Waals surface area contributed by atoms with Crippen LogP contribution in [0.15, 0.2) is 41.1 Å². The molecule has 1 saturated heterocycles. The summed E-state index contributed by atoms with van der Waals surface area (Å²) in [5.74, 6) is 0.404. The Bertz CT molecular complexity index is 711. The van der Waals surface area contributed by atoms with Crippen molar-refractivity contribution < 1.29 is 9.59 Å². The van der Waals surface area contributed by atoms with E-state index >= 15 is 0 Å². The average Bonchev–Trinajstić information content (AvgIpc) is 3.29. The minimum absolute atomic E-state index is 0.0496. The van der Waals surface area contributed by atoms with E-state index in [4.69, 9.17) is 0 Å². The van der Waals surface area contributed by atoms with Gasteiger partial charge >= 0.3 is 0 Å². The van der Waals surface area contributed by atoms with Gasteiger partial charge in [-0.25, -0.2) is 0 Å². The molecule has 1 fully saturated rings. The molecule has 1 aliphatic rings. The summed E-state index contributed by atoms with van der Waals surface area (Å²) in [5, 5.41) is 6.99. The highest BCUT2D eigenvalue weighted by Gasteiger charge is 2.28. The molecule has 1 aromatic carbocycles. The third-order valence-electron chi connectivity index (χ3n) is 4.51. The number of benzene rings is 1. The standard InChI is InChI=1S/C19H22N2O2S/c1-2-15-12-24-13-17(15)19(23)21-9-8-14(11-21)10-20-18(22)16-6-4-3-5-7-16/h3-7,12-14H,2,8-11H2,1H3,(H,20,22). The Morgan fingerprint density at radius 3 is 2.79 bits per heavy atom. The Balaban J connectivity index is 1.52. The van der Waals surface area contributed by atoms with Gasteiger partial charge in [0.1, 0.15) is 0 Å². The Kier molecular flexibility index (Phi) is 5.30. The predicted octanol–water partition coefficient (Wildman–Crippen LogP) is 3.20. The van der Waals surface area contributed by atoms with Crippen molar-refractivity contribution in [3.63, 3.8) is 0 Å². The van der Waals surface area contributed by atoms with Crippen LogP contribution in [0, 0.1) is 5.92 Å². The van der Waals surface area contributed by atoms with Crippen molar-refractivity contribution in [1.82, 2.24) is 10.2 Å². The van der Waals surface area contributed by atoms with Gasteiger partial charge in [0.05, 0.1) is 5.56 Å². The van der Waals surface area contributed by atoms with E-state index in [1.807, 2.05) is 40.6 Å². The molecule has 1 aromatic heterocycles. The maximum Gasteiger partial charge on any atom is 0.254 e. The number of carbonyl (C=O) groups excluding carboxylic acids is 2. The molecule has 0 aliphatic carbocycles. The molecule has 0 spiro atoms. The van der Waals surface area contributed by atoms with Crippen LogP contribution in [0.3, 0.4) is 0 Å². The molecule has 5 heteroatoms. The summed E-state index contributed by atoms with van der Waals surface area (Å²) in [6, 6.07) is 9.23. The molecule has 2 amide bonds. The van der Waals surface area contributed by atoms with Gasteiger partial charge < -0.3 is 10.2 Å². The number of amides is 2. The number of aryl methyl sites for hydroxylation is 1. The Labute approximate surface area is 146 Å². The van der Waals surface area contributed by atoms with Gasteiger partial charge in [0.25, 0.3) is 11.8 Å². The third kappa shape index (κ3) is 3.67. The van der Waals surface area contributed by atoms with Gasteiger partial charge in [0.2, 0.25) is 0 Å². The monoisotopic (exact) mass is 342 g/mol. The molecule has 1 unspecified atom stereocenters. The summed E-state index contributed by atoms with van der Waals surface area (Å²) < 4.78 is 0. The molecule has 0 radical (unpaired) electrons. The molecular formula is C19H22N2O2S. The predicted molar refractivity (Wildman–Crippen MR) is 96.5 cm³/mol. The number of nitrogens with zero attached hydrogens (tertiary/aromatic N) is 1. The van der Waals surface area contributed by atoms with Gasteiger partial charge in [0.15, 0.2) is 0 Å². The molecule has 0 saturated carbocycles. The molecule has 4 nitrogen and oxygen atoms in total. The SMILES string of the molecule is CCc1cscc1C(=O)N1CCC(CNC(=O)c2ccccc2)C1. The van der Waals surface area contributed by atoms with Crippen LogP contribution in [0.5, 0.6) is 0 Å². The molecule has 3 rings (SSSR count). The highest BCUT2D eigenvalue weighted by Crippen LogP contribution is 2.22. The van der Waals surface area contributed by atoms with Gasteiger partial charge in [-0.3, -0.25) is 9.59 Å². The average molecular weight is 342 g/mol. The molecule has 2 aromatic rings. The number of nitrogens with one attached hydrogen (secondary N) is 1. The van der Waals surface area contributed by atoms with Crippen molar-refractivity contribution in [3.8, 4) is 0 Å². The Morgan fingerprint density at radius 1 is 1.25 bits per heavy atom. The van der Waals surface area contributed by atoms with E-state index in [1.165, 1.54) is 0 Å². The topological polar surface area (TPSA) is 49.4 Å². The second kappa shape index (κ2) is 7.62. The lowest BCUT2D eigenvalue weighted by Crippen LogP contribution is -2.33. The largest absolute Gasteiger partial charge is 0.352 e. The van der Waals surface area contributed by atoms with E-state index in [1.54, 1.807) is 11.3 Å². The molecule has 2 heterocycles. The molecule has 1 aliphatic heterocycles. The van der Waals surface area contributed by atoms with Crippen LogP contribution in [0.4, 0.5) is 0 Å². The highest BCUT2D eigenvalue weighted by molar-refractivity contribution is 7.08. The second-order valence-electron chi connectivity index (χ2n) is 6.15. The highest BCUT2D eigenvalue weighted by atomic mass is 32.1. The molecule has 1 N–H and O–H groups in total. The fourth-order valence-electron chi connectivity index (χ4n) is 3.07. The zero-order valence-corrected chi connectivity index (χ0v) is 14.6. The smallest absolute Gasteiger partial charge is 0.254 e. The van der Waals surface area contributed by atoms with Crippen molar-refractivity contribution in [2.75, 3.05) is 19.6 Å². The van der Waals surface area contributed by atoms with Crippen LogP contribution in [-0.4, -0.2) is 36.3 Å².